The van der Waals surface area contributed by atoms with Gasteiger partial charge in [0.25, 0.3) is 0 Å². The topological polar surface area (TPSA) is 12.0 Å². The summed E-state index contributed by atoms with van der Waals surface area (Å²) in [5.74, 6) is 1.17. The zero-order valence-electron chi connectivity index (χ0n) is 11.6. The van der Waals surface area contributed by atoms with Crippen molar-refractivity contribution in [3.05, 3.63) is 30.3 Å². The minimum Gasteiger partial charge on any atom is -0.313 e. The molecule has 1 fully saturated rings. The minimum absolute atomic E-state index is 0.580. The molecule has 1 aliphatic rings. The lowest BCUT2D eigenvalue weighted by Gasteiger charge is -2.34. The molecule has 1 aromatic carbocycles. The molecular formula is C16H25NS. The molecule has 0 saturated heterocycles. The highest BCUT2D eigenvalue weighted by atomic mass is 32.2. The summed E-state index contributed by atoms with van der Waals surface area (Å²) < 4.78 is 0. The normalized spacial score (nSPS) is 19.9. The van der Waals surface area contributed by atoms with Crippen molar-refractivity contribution in [1.29, 1.82) is 0 Å². The summed E-state index contributed by atoms with van der Waals surface area (Å²) in [5, 5.41) is 3.71. The molecule has 0 aromatic heterocycles. The highest BCUT2D eigenvalue weighted by Crippen LogP contribution is 2.34. The first-order valence-corrected chi connectivity index (χ1v) is 8.05. The predicted molar refractivity (Wildman–Crippen MR) is 81.2 cm³/mol. The molecule has 1 aliphatic carbocycles. The molecule has 1 saturated carbocycles. The first-order chi connectivity index (χ1) is 8.66. The van der Waals surface area contributed by atoms with Crippen LogP contribution in [0.2, 0.25) is 0 Å². The molecule has 100 valence electrons. The van der Waals surface area contributed by atoms with Crippen molar-refractivity contribution in [1.82, 2.24) is 5.32 Å². The number of thioether (sulfide) groups is 1. The van der Waals surface area contributed by atoms with Crippen LogP contribution in [-0.2, 0) is 0 Å². The third-order valence-electron chi connectivity index (χ3n) is 3.89. The van der Waals surface area contributed by atoms with Gasteiger partial charge in [0.15, 0.2) is 0 Å². The summed E-state index contributed by atoms with van der Waals surface area (Å²) in [6, 6.07) is 11.4. The zero-order valence-corrected chi connectivity index (χ0v) is 12.4. The van der Waals surface area contributed by atoms with Gasteiger partial charge >= 0.3 is 0 Å². The molecule has 0 spiro atoms. The first kappa shape index (κ1) is 14.0. The van der Waals surface area contributed by atoms with Gasteiger partial charge in [-0.1, -0.05) is 32.0 Å². The van der Waals surface area contributed by atoms with Crippen molar-refractivity contribution in [3.63, 3.8) is 0 Å². The highest BCUT2D eigenvalue weighted by molar-refractivity contribution is 7.99. The second kappa shape index (κ2) is 6.63. The van der Waals surface area contributed by atoms with Gasteiger partial charge in [0, 0.05) is 23.2 Å². The molecule has 2 rings (SSSR count). The van der Waals surface area contributed by atoms with Crippen LogP contribution in [0.5, 0.6) is 0 Å². The van der Waals surface area contributed by atoms with Gasteiger partial charge in [-0.25, -0.2) is 0 Å². The maximum Gasteiger partial charge on any atom is 0.0106 e. The van der Waals surface area contributed by atoms with Crippen molar-refractivity contribution in [3.8, 4) is 0 Å². The molecule has 0 bridgehead atoms. The van der Waals surface area contributed by atoms with Crippen LogP contribution in [0.3, 0.4) is 0 Å². The quantitative estimate of drug-likeness (QED) is 0.626. The van der Waals surface area contributed by atoms with Crippen LogP contribution < -0.4 is 5.32 Å². The summed E-state index contributed by atoms with van der Waals surface area (Å²) >= 11 is 1.95. The van der Waals surface area contributed by atoms with Crippen molar-refractivity contribution >= 4 is 11.8 Å². The second-order valence-corrected chi connectivity index (χ2v) is 7.22. The third-order valence-corrected chi connectivity index (χ3v) is 4.90. The van der Waals surface area contributed by atoms with Gasteiger partial charge in [-0.15, -0.1) is 11.8 Å². The van der Waals surface area contributed by atoms with E-state index in [1.54, 1.807) is 0 Å². The second-order valence-electron chi connectivity index (χ2n) is 6.05. The Morgan fingerprint density at radius 2 is 1.83 bits per heavy atom. The molecule has 0 amide bonds. The molecule has 18 heavy (non-hydrogen) atoms. The molecule has 0 radical (unpaired) electrons. The average Bonchev–Trinajstić information content (AvgIpc) is 2.37. The summed E-state index contributed by atoms with van der Waals surface area (Å²) in [4.78, 5) is 1.38. The molecule has 1 nitrogen and oxygen atoms in total. The minimum atomic E-state index is 0.580. The Morgan fingerprint density at radius 3 is 2.50 bits per heavy atom. The molecule has 1 aromatic rings. The molecule has 0 aliphatic heterocycles. The SMILES string of the molecule is CC1(C)CCC(NCCSc2ccccc2)CC1. The van der Waals surface area contributed by atoms with Gasteiger partial charge in [-0.3, -0.25) is 0 Å². The van der Waals surface area contributed by atoms with Crippen molar-refractivity contribution < 1.29 is 0 Å². The fourth-order valence-corrected chi connectivity index (χ4v) is 3.36. The van der Waals surface area contributed by atoms with Crippen LogP contribution in [-0.4, -0.2) is 18.3 Å². The van der Waals surface area contributed by atoms with E-state index in [9.17, 15) is 0 Å². The highest BCUT2D eigenvalue weighted by Gasteiger charge is 2.26. The van der Waals surface area contributed by atoms with Gasteiger partial charge in [0.05, 0.1) is 0 Å². The van der Waals surface area contributed by atoms with E-state index >= 15 is 0 Å². The van der Waals surface area contributed by atoms with E-state index in [0.717, 1.165) is 12.6 Å². The van der Waals surface area contributed by atoms with E-state index < -0.39 is 0 Å². The largest absolute Gasteiger partial charge is 0.313 e. The maximum atomic E-state index is 3.71. The number of rotatable bonds is 5. The molecule has 2 heteroatoms. The van der Waals surface area contributed by atoms with E-state index in [2.05, 4.69) is 49.5 Å². The lowest BCUT2D eigenvalue weighted by molar-refractivity contribution is 0.208. The van der Waals surface area contributed by atoms with Crippen LogP contribution in [0.15, 0.2) is 35.2 Å². The van der Waals surface area contributed by atoms with E-state index in [-0.39, 0.29) is 0 Å². The van der Waals surface area contributed by atoms with Crippen LogP contribution in [0, 0.1) is 5.41 Å². The van der Waals surface area contributed by atoms with Gasteiger partial charge < -0.3 is 5.32 Å². The fraction of sp³-hybridized carbons (Fsp3) is 0.625. The summed E-state index contributed by atoms with van der Waals surface area (Å²) in [6.45, 7) is 5.92. The fourth-order valence-electron chi connectivity index (χ4n) is 2.55. The first-order valence-electron chi connectivity index (χ1n) is 7.07. The standard InChI is InChI=1S/C16H25NS/c1-16(2)10-8-14(9-11-16)17-12-13-18-15-6-4-3-5-7-15/h3-7,14,17H,8-13H2,1-2H3. The van der Waals surface area contributed by atoms with Crippen molar-refractivity contribution in [2.24, 2.45) is 5.41 Å². The number of hydrogen-bond acceptors (Lipinski definition) is 2. The Bertz CT molecular complexity index is 337. The summed E-state index contributed by atoms with van der Waals surface area (Å²) in [6.07, 6.45) is 5.44. The summed E-state index contributed by atoms with van der Waals surface area (Å²) in [5.41, 5.74) is 0.580. The monoisotopic (exact) mass is 263 g/mol. The Morgan fingerprint density at radius 1 is 1.17 bits per heavy atom. The number of benzene rings is 1. The number of hydrogen-bond donors (Lipinski definition) is 1. The Labute approximate surface area is 116 Å². The van der Waals surface area contributed by atoms with Gasteiger partial charge in [-0.2, -0.15) is 0 Å². The summed E-state index contributed by atoms with van der Waals surface area (Å²) in [7, 11) is 0. The number of nitrogens with one attached hydrogen (secondary N) is 1. The van der Waals surface area contributed by atoms with Crippen LogP contribution in [0.25, 0.3) is 0 Å². The lowest BCUT2D eigenvalue weighted by Crippen LogP contribution is -2.36. The Balaban J connectivity index is 1.59. The van der Waals surface area contributed by atoms with Crippen LogP contribution >= 0.6 is 11.8 Å². The zero-order chi connectivity index (χ0) is 12.8. The van der Waals surface area contributed by atoms with E-state index in [1.807, 2.05) is 11.8 Å². The lowest BCUT2D eigenvalue weighted by atomic mass is 9.75. The van der Waals surface area contributed by atoms with Crippen molar-refractivity contribution in [2.45, 2.75) is 50.5 Å². The molecule has 0 heterocycles. The van der Waals surface area contributed by atoms with Gasteiger partial charge in [0.2, 0.25) is 0 Å². The third kappa shape index (κ3) is 4.66. The van der Waals surface area contributed by atoms with Crippen molar-refractivity contribution in [2.75, 3.05) is 12.3 Å². The average molecular weight is 263 g/mol. The molecular weight excluding hydrogens is 238 g/mol. The smallest absolute Gasteiger partial charge is 0.0106 e. The molecule has 1 N–H and O–H groups in total. The Kier molecular flexibility index (Phi) is 5.13. The van der Waals surface area contributed by atoms with Crippen LogP contribution in [0.4, 0.5) is 0 Å². The van der Waals surface area contributed by atoms with E-state index in [0.29, 0.717) is 5.41 Å². The maximum absolute atomic E-state index is 3.71. The van der Waals surface area contributed by atoms with E-state index in [4.69, 9.17) is 0 Å². The van der Waals surface area contributed by atoms with E-state index in [1.165, 1.54) is 36.3 Å². The Hall–Kier alpha value is -0.470. The molecule has 0 unspecified atom stereocenters. The van der Waals surface area contributed by atoms with Crippen LogP contribution in [0.1, 0.15) is 39.5 Å². The van der Waals surface area contributed by atoms with Gasteiger partial charge in [0.1, 0.15) is 0 Å². The molecule has 0 atom stereocenters. The predicted octanol–water partition coefficient (Wildman–Crippen LogP) is 4.34. The van der Waals surface area contributed by atoms with Gasteiger partial charge in [-0.05, 0) is 43.2 Å².